The fraction of sp³-hybridized carbons (Fsp3) is 0.333. The second kappa shape index (κ2) is 6.74. The standard InChI is InChI=1S/C18H23NO2/c1-18(2,14-6-4-3-5-7-14)15-8-10-17(11-9-15)21-13-16(20)12-19/h3-11,16,20H,12-13,19H2,1-2H3/t16-/m1/s1. The fourth-order valence-electron chi connectivity index (χ4n) is 2.25. The summed E-state index contributed by atoms with van der Waals surface area (Å²) in [5.74, 6) is 0.745. The molecule has 0 aromatic heterocycles. The average Bonchev–Trinajstić information content (AvgIpc) is 2.53. The number of aliphatic hydroxyl groups excluding tert-OH is 1. The van der Waals surface area contributed by atoms with Gasteiger partial charge < -0.3 is 15.6 Å². The first-order chi connectivity index (χ1) is 10.0. The van der Waals surface area contributed by atoms with Gasteiger partial charge in [-0.05, 0) is 23.3 Å². The van der Waals surface area contributed by atoms with Crippen molar-refractivity contribution < 1.29 is 9.84 Å². The summed E-state index contributed by atoms with van der Waals surface area (Å²) >= 11 is 0. The molecule has 0 amide bonds. The number of aliphatic hydroxyl groups is 1. The van der Waals surface area contributed by atoms with Crippen LogP contribution in [0.1, 0.15) is 25.0 Å². The Bertz CT molecular complexity index is 549. The Labute approximate surface area is 126 Å². The van der Waals surface area contributed by atoms with E-state index in [-0.39, 0.29) is 18.6 Å². The van der Waals surface area contributed by atoms with E-state index < -0.39 is 6.10 Å². The van der Waals surface area contributed by atoms with Gasteiger partial charge in [0.05, 0.1) is 0 Å². The molecule has 0 saturated heterocycles. The summed E-state index contributed by atoms with van der Waals surface area (Å²) < 4.78 is 5.50. The third-order valence-corrected chi connectivity index (χ3v) is 3.79. The van der Waals surface area contributed by atoms with Gasteiger partial charge in [0.15, 0.2) is 0 Å². The third-order valence-electron chi connectivity index (χ3n) is 3.79. The Morgan fingerprint density at radius 2 is 1.57 bits per heavy atom. The van der Waals surface area contributed by atoms with E-state index in [4.69, 9.17) is 10.5 Å². The lowest BCUT2D eigenvalue weighted by Gasteiger charge is -2.26. The third kappa shape index (κ3) is 3.84. The largest absolute Gasteiger partial charge is 0.491 e. The Kier molecular flexibility index (Phi) is 4.99. The van der Waals surface area contributed by atoms with Gasteiger partial charge in [-0.15, -0.1) is 0 Å². The SMILES string of the molecule is CC(C)(c1ccccc1)c1ccc(OC[C@H](O)CN)cc1. The van der Waals surface area contributed by atoms with Crippen molar-refractivity contribution in [2.24, 2.45) is 5.73 Å². The number of hydrogen-bond acceptors (Lipinski definition) is 3. The summed E-state index contributed by atoms with van der Waals surface area (Å²) in [4.78, 5) is 0. The van der Waals surface area contributed by atoms with E-state index in [2.05, 4.69) is 50.2 Å². The van der Waals surface area contributed by atoms with Crippen LogP contribution >= 0.6 is 0 Å². The lowest BCUT2D eigenvalue weighted by molar-refractivity contribution is 0.114. The van der Waals surface area contributed by atoms with Crippen molar-refractivity contribution in [2.45, 2.75) is 25.4 Å². The molecule has 0 bridgehead atoms. The highest BCUT2D eigenvalue weighted by Crippen LogP contribution is 2.32. The molecule has 3 heteroatoms. The lowest BCUT2D eigenvalue weighted by Crippen LogP contribution is -2.26. The van der Waals surface area contributed by atoms with E-state index in [9.17, 15) is 5.11 Å². The van der Waals surface area contributed by atoms with Gasteiger partial charge in [-0.2, -0.15) is 0 Å². The average molecular weight is 285 g/mol. The second-order valence-electron chi connectivity index (χ2n) is 5.72. The number of hydrogen-bond donors (Lipinski definition) is 2. The van der Waals surface area contributed by atoms with E-state index in [1.54, 1.807) is 0 Å². The summed E-state index contributed by atoms with van der Waals surface area (Å²) in [5.41, 5.74) is 7.79. The van der Waals surface area contributed by atoms with E-state index in [1.165, 1.54) is 11.1 Å². The van der Waals surface area contributed by atoms with Crippen molar-refractivity contribution in [3.05, 3.63) is 65.7 Å². The van der Waals surface area contributed by atoms with Crippen LogP contribution in [0.4, 0.5) is 0 Å². The maximum atomic E-state index is 9.40. The second-order valence-corrected chi connectivity index (χ2v) is 5.72. The van der Waals surface area contributed by atoms with Crippen LogP contribution in [0.25, 0.3) is 0 Å². The molecule has 1 atom stereocenters. The van der Waals surface area contributed by atoms with E-state index in [0.717, 1.165) is 5.75 Å². The van der Waals surface area contributed by atoms with Gasteiger partial charge in [0.1, 0.15) is 18.5 Å². The minimum absolute atomic E-state index is 0.0590. The first-order valence-corrected chi connectivity index (χ1v) is 7.21. The molecule has 0 unspecified atom stereocenters. The molecule has 2 aromatic rings. The number of benzene rings is 2. The molecular weight excluding hydrogens is 262 g/mol. The van der Waals surface area contributed by atoms with Gasteiger partial charge in [-0.25, -0.2) is 0 Å². The van der Waals surface area contributed by atoms with Crippen LogP contribution in [0.2, 0.25) is 0 Å². The first kappa shape index (κ1) is 15.5. The fourth-order valence-corrected chi connectivity index (χ4v) is 2.25. The van der Waals surface area contributed by atoms with E-state index in [0.29, 0.717) is 0 Å². The molecule has 0 aliphatic rings. The topological polar surface area (TPSA) is 55.5 Å². The van der Waals surface area contributed by atoms with Crippen molar-refractivity contribution in [1.29, 1.82) is 0 Å². The van der Waals surface area contributed by atoms with Gasteiger partial charge in [0.2, 0.25) is 0 Å². The maximum Gasteiger partial charge on any atom is 0.119 e. The Morgan fingerprint density at radius 3 is 2.14 bits per heavy atom. The summed E-state index contributed by atoms with van der Waals surface area (Å²) in [6.45, 7) is 4.84. The number of nitrogens with two attached hydrogens (primary N) is 1. The minimum Gasteiger partial charge on any atom is -0.491 e. The van der Waals surface area contributed by atoms with Crippen LogP contribution in [0, 0.1) is 0 Å². The smallest absolute Gasteiger partial charge is 0.119 e. The highest BCUT2D eigenvalue weighted by molar-refractivity contribution is 5.39. The van der Waals surface area contributed by atoms with Crippen LogP contribution < -0.4 is 10.5 Å². The summed E-state index contributed by atoms with van der Waals surface area (Å²) in [5, 5.41) is 9.40. The van der Waals surface area contributed by atoms with E-state index >= 15 is 0 Å². The molecule has 2 rings (SSSR count). The van der Waals surface area contributed by atoms with Crippen LogP contribution in [-0.4, -0.2) is 24.4 Å². The molecule has 2 aromatic carbocycles. The van der Waals surface area contributed by atoms with Crippen LogP contribution in [0.5, 0.6) is 5.75 Å². The number of ether oxygens (including phenoxy) is 1. The summed E-state index contributed by atoms with van der Waals surface area (Å²) in [7, 11) is 0. The molecule has 112 valence electrons. The van der Waals surface area contributed by atoms with Crippen molar-refractivity contribution in [2.75, 3.05) is 13.2 Å². The zero-order valence-corrected chi connectivity index (χ0v) is 12.6. The number of rotatable bonds is 6. The van der Waals surface area contributed by atoms with Crippen molar-refractivity contribution >= 4 is 0 Å². The first-order valence-electron chi connectivity index (χ1n) is 7.21. The molecular formula is C18H23NO2. The highest BCUT2D eigenvalue weighted by atomic mass is 16.5. The van der Waals surface area contributed by atoms with Crippen molar-refractivity contribution in [1.82, 2.24) is 0 Å². The molecule has 0 spiro atoms. The summed E-state index contributed by atoms with van der Waals surface area (Å²) in [6.07, 6.45) is -0.620. The van der Waals surface area contributed by atoms with Gasteiger partial charge in [-0.1, -0.05) is 56.3 Å². The van der Waals surface area contributed by atoms with Crippen LogP contribution in [-0.2, 0) is 5.41 Å². The molecule has 0 aliphatic heterocycles. The quantitative estimate of drug-likeness (QED) is 0.858. The van der Waals surface area contributed by atoms with Gasteiger partial charge >= 0.3 is 0 Å². The predicted molar refractivity (Wildman–Crippen MR) is 85.6 cm³/mol. The van der Waals surface area contributed by atoms with Gasteiger partial charge in [-0.3, -0.25) is 0 Å². The van der Waals surface area contributed by atoms with Crippen molar-refractivity contribution in [3.63, 3.8) is 0 Å². The molecule has 3 nitrogen and oxygen atoms in total. The lowest BCUT2D eigenvalue weighted by atomic mass is 9.78. The van der Waals surface area contributed by atoms with Crippen LogP contribution in [0.3, 0.4) is 0 Å². The Hall–Kier alpha value is -1.84. The zero-order valence-electron chi connectivity index (χ0n) is 12.6. The molecule has 3 N–H and O–H groups in total. The monoisotopic (exact) mass is 285 g/mol. The zero-order chi connectivity index (χ0) is 15.3. The highest BCUT2D eigenvalue weighted by Gasteiger charge is 2.22. The Morgan fingerprint density at radius 1 is 1.00 bits per heavy atom. The van der Waals surface area contributed by atoms with Crippen LogP contribution in [0.15, 0.2) is 54.6 Å². The maximum absolute atomic E-state index is 9.40. The predicted octanol–water partition coefficient (Wildman–Crippen LogP) is 2.71. The summed E-state index contributed by atoms with van der Waals surface area (Å²) in [6, 6.07) is 18.4. The molecule has 0 saturated carbocycles. The molecule has 0 heterocycles. The van der Waals surface area contributed by atoms with Gasteiger partial charge in [0, 0.05) is 12.0 Å². The Balaban J connectivity index is 2.11. The minimum atomic E-state index is -0.620. The molecule has 21 heavy (non-hydrogen) atoms. The van der Waals surface area contributed by atoms with E-state index in [1.807, 2.05) is 18.2 Å². The van der Waals surface area contributed by atoms with Crippen molar-refractivity contribution in [3.8, 4) is 5.75 Å². The molecule has 0 aliphatic carbocycles. The molecule has 0 radical (unpaired) electrons. The van der Waals surface area contributed by atoms with Gasteiger partial charge in [0.25, 0.3) is 0 Å². The normalized spacial score (nSPS) is 13.0. The molecule has 0 fully saturated rings.